The first kappa shape index (κ1) is 14.8. The molecule has 0 aliphatic carbocycles. The van der Waals surface area contributed by atoms with E-state index in [1.165, 1.54) is 6.92 Å². The number of H-pyrrole nitrogens is 1. The highest BCUT2D eigenvalue weighted by molar-refractivity contribution is 6.08. The highest BCUT2D eigenvalue weighted by Crippen LogP contribution is 2.23. The zero-order chi connectivity index (χ0) is 16.2. The van der Waals surface area contributed by atoms with Crippen LogP contribution in [0.5, 0.6) is 0 Å². The molecule has 0 saturated carbocycles. The lowest BCUT2D eigenvalue weighted by Crippen LogP contribution is -2.20. The zero-order valence-electron chi connectivity index (χ0n) is 12.6. The molecule has 23 heavy (non-hydrogen) atoms. The van der Waals surface area contributed by atoms with E-state index in [9.17, 15) is 9.59 Å². The molecule has 0 radical (unpaired) electrons. The Morgan fingerprint density at radius 3 is 2.87 bits per heavy atom. The smallest absolute Gasteiger partial charge is 0.255 e. The number of para-hydroxylation sites is 1. The molecule has 3 aromatic rings. The number of rotatable bonds is 4. The van der Waals surface area contributed by atoms with Gasteiger partial charge in [-0.2, -0.15) is 0 Å². The van der Waals surface area contributed by atoms with Gasteiger partial charge in [0.2, 0.25) is 5.91 Å². The minimum atomic E-state index is -0.221. The molecule has 6 heteroatoms. The minimum absolute atomic E-state index is 0.138. The number of fused-ring (bicyclic) bond motifs is 1. The lowest BCUT2D eigenvalue weighted by molar-refractivity contribution is -0.119. The van der Waals surface area contributed by atoms with Gasteiger partial charge >= 0.3 is 0 Å². The zero-order valence-corrected chi connectivity index (χ0v) is 12.6. The fraction of sp³-hybridized carbons (Fsp3) is 0.118. The van der Waals surface area contributed by atoms with Crippen LogP contribution >= 0.6 is 0 Å². The highest BCUT2D eigenvalue weighted by Gasteiger charge is 2.10. The van der Waals surface area contributed by atoms with Gasteiger partial charge in [-0.25, -0.2) is 0 Å². The number of carbonyl (C=O) groups is 2. The van der Waals surface area contributed by atoms with Crippen molar-refractivity contribution >= 4 is 28.4 Å². The maximum absolute atomic E-state index is 12.4. The molecule has 0 aliphatic rings. The number of amides is 2. The van der Waals surface area contributed by atoms with Gasteiger partial charge in [0.15, 0.2) is 0 Å². The Morgan fingerprint density at radius 2 is 2.04 bits per heavy atom. The van der Waals surface area contributed by atoms with Crippen LogP contribution in [-0.4, -0.2) is 21.8 Å². The third kappa shape index (κ3) is 3.37. The molecule has 0 bridgehead atoms. The maximum Gasteiger partial charge on any atom is 0.255 e. The Hall–Kier alpha value is -3.15. The summed E-state index contributed by atoms with van der Waals surface area (Å²) in [5.74, 6) is -0.360. The molecule has 2 heterocycles. The molecular formula is C17H16N4O2. The van der Waals surface area contributed by atoms with Crippen LogP contribution in [0.4, 0.5) is 5.69 Å². The largest absolute Gasteiger partial charge is 0.359 e. The van der Waals surface area contributed by atoms with E-state index in [4.69, 9.17) is 0 Å². The molecule has 0 aliphatic heterocycles. The number of aromatic amines is 1. The second-order valence-electron chi connectivity index (χ2n) is 5.15. The number of benzene rings is 1. The minimum Gasteiger partial charge on any atom is -0.359 e. The van der Waals surface area contributed by atoms with Crippen molar-refractivity contribution in [3.63, 3.8) is 0 Å². The second-order valence-corrected chi connectivity index (χ2v) is 5.15. The molecular weight excluding hydrogens is 292 g/mol. The maximum atomic E-state index is 12.4. The van der Waals surface area contributed by atoms with Gasteiger partial charge in [-0.05, 0) is 18.2 Å². The van der Waals surface area contributed by atoms with Gasteiger partial charge in [0.25, 0.3) is 5.91 Å². The molecule has 0 fully saturated rings. The summed E-state index contributed by atoms with van der Waals surface area (Å²) in [6.45, 7) is 1.73. The number of aromatic nitrogens is 2. The van der Waals surface area contributed by atoms with Crippen molar-refractivity contribution in [2.75, 3.05) is 5.32 Å². The third-order valence-electron chi connectivity index (χ3n) is 3.43. The van der Waals surface area contributed by atoms with Crippen molar-refractivity contribution in [1.29, 1.82) is 0 Å². The molecule has 116 valence electrons. The Kier molecular flexibility index (Phi) is 4.05. The van der Waals surface area contributed by atoms with Gasteiger partial charge in [-0.3, -0.25) is 14.6 Å². The summed E-state index contributed by atoms with van der Waals surface area (Å²) in [4.78, 5) is 30.6. The monoisotopic (exact) mass is 308 g/mol. The summed E-state index contributed by atoms with van der Waals surface area (Å²) in [5, 5.41) is 6.50. The first-order valence-corrected chi connectivity index (χ1v) is 7.20. The summed E-state index contributed by atoms with van der Waals surface area (Å²) in [7, 11) is 0. The van der Waals surface area contributed by atoms with Crippen LogP contribution in [-0.2, 0) is 11.3 Å². The molecule has 0 saturated heterocycles. The molecule has 1 aromatic carbocycles. The SMILES string of the molecule is CC(=O)NCc1cc(C(=O)Nc2c[nH]c3ccccc23)ccn1. The van der Waals surface area contributed by atoms with Crippen LogP contribution in [0, 0.1) is 0 Å². The molecule has 6 nitrogen and oxygen atoms in total. The Labute approximate surface area is 132 Å². The van der Waals surface area contributed by atoms with Gasteiger partial charge in [-0.1, -0.05) is 18.2 Å². The lowest BCUT2D eigenvalue weighted by atomic mass is 10.2. The van der Waals surface area contributed by atoms with Gasteiger partial charge in [0, 0.05) is 35.8 Å². The number of nitrogens with zero attached hydrogens (tertiary/aromatic N) is 1. The molecule has 2 amide bonds. The molecule has 0 spiro atoms. The summed E-state index contributed by atoms with van der Waals surface area (Å²) >= 11 is 0. The van der Waals surface area contributed by atoms with Crippen LogP contribution < -0.4 is 10.6 Å². The standard InChI is InChI=1S/C17H16N4O2/c1-11(22)19-9-13-8-12(6-7-18-13)17(23)21-16-10-20-15-5-3-2-4-14(15)16/h2-8,10,20H,9H2,1H3,(H,19,22)(H,21,23). The van der Waals surface area contributed by atoms with Crippen molar-refractivity contribution in [3.05, 3.63) is 60.0 Å². The highest BCUT2D eigenvalue weighted by atomic mass is 16.2. The first-order valence-electron chi connectivity index (χ1n) is 7.20. The normalized spacial score (nSPS) is 10.5. The summed E-state index contributed by atoms with van der Waals surface area (Å²) in [6.07, 6.45) is 3.32. The topological polar surface area (TPSA) is 86.9 Å². The van der Waals surface area contributed by atoms with Crippen molar-refractivity contribution in [2.24, 2.45) is 0 Å². The molecule has 2 aromatic heterocycles. The van der Waals surface area contributed by atoms with Crippen LogP contribution in [0.25, 0.3) is 10.9 Å². The summed E-state index contributed by atoms with van der Waals surface area (Å²) in [6, 6.07) is 11.0. The van der Waals surface area contributed by atoms with Gasteiger partial charge in [-0.15, -0.1) is 0 Å². The lowest BCUT2D eigenvalue weighted by Gasteiger charge is -2.06. The van der Waals surface area contributed by atoms with Crippen molar-refractivity contribution in [2.45, 2.75) is 13.5 Å². The number of hydrogen-bond acceptors (Lipinski definition) is 3. The third-order valence-corrected chi connectivity index (χ3v) is 3.43. The number of pyridine rings is 1. The predicted octanol–water partition coefficient (Wildman–Crippen LogP) is 2.45. The van der Waals surface area contributed by atoms with E-state index >= 15 is 0 Å². The molecule has 3 N–H and O–H groups in total. The van der Waals surface area contributed by atoms with Gasteiger partial charge in [0.05, 0.1) is 17.9 Å². The van der Waals surface area contributed by atoms with E-state index in [0.29, 0.717) is 17.8 Å². The first-order chi connectivity index (χ1) is 11.1. The van der Waals surface area contributed by atoms with E-state index in [2.05, 4.69) is 20.6 Å². The quantitative estimate of drug-likeness (QED) is 0.692. The summed E-state index contributed by atoms with van der Waals surface area (Å²) < 4.78 is 0. The van der Waals surface area contributed by atoms with Crippen LogP contribution in [0.2, 0.25) is 0 Å². The van der Waals surface area contributed by atoms with E-state index in [0.717, 1.165) is 16.6 Å². The summed E-state index contributed by atoms with van der Waals surface area (Å²) in [5.41, 5.74) is 2.81. The van der Waals surface area contributed by atoms with Gasteiger partial charge in [0.1, 0.15) is 0 Å². The number of hydrogen-bond donors (Lipinski definition) is 3. The fourth-order valence-electron chi connectivity index (χ4n) is 2.30. The van der Waals surface area contributed by atoms with Crippen molar-refractivity contribution in [1.82, 2.24) is 15.3 Å². The van der Waals surface area contributed by atoms with Crippen molar-refractivity contribution < 1.29 is 9.59 Å². The number of nitrogens with one attached hydrogen (secondary N) is 3. The fourth-order valence-corrected chi connectivity index (χ4v) is 2.30. The van der Waals surface area contributed by atoms with E-state index in [-0.39, 0.29) is 11.8 Å². The van der Waals surface area contributed by atoms with Gasteiger partial charge < -0.3 is 15.6 Å². The average molecular weight is 308 g/mol. The molecule has 0 atom stereocenters. The van der Waals surface area contributed by atoms with Crippen LogP contribution in [0.3, 0.4) is 0 Å². The predicted molar refractivity (Wildman–Crippen MR) is 88.0 cm³/mol. The van der Waals surface area contributed by atoms with Crippen molar-refractivity contribution in [3.8, 4) is 0 Å². The Bertz CT molecular complexity index is 870. The van der Waals surface area contributed by atoms with E-state index in [1.807, 2.05) is 24.3 Å². The van der Waals surface area contributed by atoms with Crippen LogP contribution in [0.15, 0.2) is 48.8 Å². The second kappa shape index (κ2) is 6.31. The average Bonchev–Trinajstić information content (AvgIpc) is 2.96. The Balaban J connectivity index is 1.78. The molecule has 0 unspecified atom stereocenters. The van der Waals surface area contributed by atoms with Crippen LogP contribution in [0.1, 0.15) is 23.0 Å². The number of anilines is 1. The molecule has 3 rings (SSSR count). The van der Waals surface area contributed by atoms with E-state index < -0.39 is 0 Å². The number of carbonyl (C=O) groups excluding carboxylic acids is 2. The Morgan fingerprint density at radius 1 is 1.22 bits per heavy atom. The van der Waals surface area contributed by atoms with E-state index in [1.54, 1.807) is 24.5 Å².